The van der Waals surface area contributed by atoms with Gasteiger partial charge in [0.2, 0.25) is 12.1 Å². The molecule has 146 valence electrons. The van der Waals surface area contributed by atoms with E-state index in [4.69, 9.17) is 19.3 Å². The van der Waals surface area contributed by atoms with Crippen LogP contribution < -0.4 is 0 Å². The van der Waals surface area contributed by atoms with E-state index in [1.54, 1.807) is 0 Å². The second kappa shape index (κ2) is 7.99. The van der Waals surface area contributed by atoms with Gasteiger partial charge in [-0.1, -0.05) is 0 Å². The highest BCUT2D eigenvalue weighted by molar-refractivity contribution is 6.00. The maximum Gasteiger partial charge on any atom is 0.317 e. The highest BCUT2D eigenvalue weighted by atomic mass is 16.8. The maximum atomic E-state index is 11.7. The van der Waals surface area contributed by atoms with Gasteiger partial charge >= 0.3 is 11.9 Å². The molecular weight excluding hydrogens is 356 g/mol. The van der Waals surface area contributed by atoms with Crippen molar-refractivity contribution in [1.29, 1.82) is 0 Å². The standard InChI is InChI=1S/C15H20O11/c1-5-10(19)6(2)24-14(5)26-15-13(22)12(21)11(20)7(25-15)4-23-9(18)3-8(16)17/h6-7,11-13,15,20-22H,3-4H2,1-2H3,(H,16,17)/t6?,7-,11-,12+,13-,15+/m1/s1. The van der Waals surface area contributed by atoms with E-state index in [9.17, 15) is 29.7 Å². The Balaban J connectivity index is 2.02. The number of aliphatic hydroxyl groups is 3. The summed E-state index contributed by atoms with van der Waals surface area (Å²) in [5.41, 5.74) is 0.165. The molecule has 2 aliphatic rings. The molecule has 0 aliphatic carbocycles. The summed E-state index contributed by atoms with van der Waals surface area (Å²) in [6, 6.07) is 0. The summed E-state index contributed by atoms with van der Waals surface area (Å²) in [4.78, 5) is 33.4. The van der Waals surface area contributed by atoms with Crippen LogP contribution in [-0.2, 0) is 33.3 Å². The number of esters is 1. The number of carbonyl (C=O) groups is 3. The largest absolute Gasteiger partial charge is 0.481 e. The summed E-state index contributed by atoms with van der Waals surface area (Å²) in [5.74, 6) is -2.96. The van der Waals surface area contributed by atoms with Crippen molar-refractivity contribution in [2.24, 2.45) is 0 Å². The van der Waals surface area contributed by atoms with E-state index in [1.807, 2.05) is 0 Å². The molecule has 0 spiro atoms. The highest BCUT2D eigenvalue weighted by Crippen LogP contribution is 2.29. The average Bonchev–Trinajstić information content (AvgIpc) is 2.80. The van der Waals surface area contributed by atoms with E-state index >= 15 is 0 Å². The van der Waals surface area contributed by atoms with Gasteiger partial charge in [-0.05, 0) is 13.8 Å². The third-order valence-electron chi connectivity index (χ3n) is 3.92. The number of hydrogen-bond acceptors (Lipinski definition) is 10. The first-order chi connectivity index (χ1) is 12.1. The number of carboxylic acid groups (broad SMARTS) is 1. The number of carboxylic acids is 1. The van der Waals surface area contributed by atoms with Crippen molar-refractivity contribution < 1.29 is 53.8 Å². The van der Waals surface area contributed by atoms with Crippen molar-refractivity contribution in [3.8, 4) is 0 Å². The van der Waals surface area contributed by atoms with Crippen LogP contribution in [0.1, 0.15) is 20.3 Å². The van der Waals surface area contributed by atoms with Crippen LogP contribution in [0.3, 0.4) is 0 Å². The van der Waals surface area contributed by atoms with E-state index in [0.29, 0.717) is 0 Å². The fourth-order valence-corrected chi connectivity index (χ4v) is 2.43. The first kappa shape index (κ1) is 20.1. The molecule has 1 fully saturated rings. The molecule has 0 radical (unpaired) electrons. The molecule has 2 aliphatic heterocycles. The Kier molecular flexibility index (Phi) is 6.18. The van der Waals surface area contributed by atoms with Crippen molar-refractivity contribution in [2.75, 3.05) is 6.61 Å². The van der Waals surface area contributed by atoms with E-state index in [0.717, 1.165) is 0 Å². The number of aliphatic hydroxyl groups excluding tert-OH is 3. The van der Waals surface area contributed by atoms with Crippen molar-refractivity contribution >= 4 is 17.7 Å². The van der Waals surface area contributed by atoms with Gasteiger partial charge in [0.25, 0.3) is 5.95 Å². The molecule has 0 amide bonds. The lowest BCUT2D eigenvalue weighted by atomic mass is 9.99. The predicted octanol–water partition coefficient (Wildman–Crippen LogP) is -1.95. The van der Waals surface area contributed by atoms with Crippen molar-refractivity contribution in [3.63, 3.8) is 0 Å². The minimum absolute atomic E-state index is 0.165. The summed E-state index contributed by atoms with van der Waals surface area (Å²) >= 11 is 0. The van der Waals surface area contributed by atoms with Crippen LogP contribution in [0.2, 0.25) is 0 Å². The summed E-state index contributed by atoms with van der Waals surface area (Å²) in [6.07, 6.45) is -9.46. The first-order valence-corrected chi connectivity index (χ1v) is 7.77. The zero-order valence-corrected chi connectivity index (χ0v) is 14.0. The van der Waals surface area contributed by atoms with Crippen molar-refractivity contribution in [2.45, 2.75) is 57.1 Å². The van der Waals surface area contributed by atoms with Crippen LogP contribution in [0.5, 0.6) is 0 Å². The number of rotatable bonds is 6. The Labute approximate surface area is 147 Å². The van der Waals surface area contributed by atoms with Crippen LogP contribution in [0.25, 0.3) is 0 Å². The van der Waals surface area contributed by atoms with E-state index in [1.165, 1.54) is 13.8 Å². The average molecular weight is 376 g/mol. The summed E-state index contributed by atoms with van der Waals surface area (Å²) < 4.78 is 20.4. The monoisotopic (exact) mass is 376 g/mol. The Hall–Kier alpha value is -2.21. The zero-order valence-electron chi connectivity index (χ0n) is 14.0. The lowest BCUT2D eigenvalue weighted by Crippen LogP contribution is -2.59. The van der Waals surface area contributed by atoms with Gasteiger partial charge in [0.05, 0.1) is 5.57 Å². The summed E-state index contributed by atoms with van der Waals surface area (Å²) in [7, 11) is 0. The SMILES string of the molecule is CC1=C(O[C@@H]2O[C@H](COC(=O)CC(=O)O)[C@@H](O)[C@H](O)[C@H]2O)OC(C)C1=O. The minimum Gasteiger partial charge on any atom is -0.481 e. The molecule has 2 rings (SSSR count). The minimum atomic E-state index is -1.70. The molecule has 6 atom stereocenters. The molecule has 2 heterocycles. The normalized spacial score (nSPS) is 34.4. The number of ketones is 1. The quantitative estimate of drug-likeness (QED) is 0.300. The Morgan fingerprint density at radius 1 is 1.15 bits per heavy atom. The topological polar surface area (TPSA) is 169 Å². The maximum absolute atomic E-state index is 11.7. The summed E-state index contributed by atoms with van der Waals surface area (Å²) in [5, 5.41) is 38.3. The molecule has 0 saturated carbocycles. The lowest BCUT2D eigenvalue weighted by molar-refractivity contribution is -0.301. The van der Waals surface area contributed by atoms with Crippen LogP contribution in [0, 0.1) is 0 Å². The second-order valence-electron chi connectivity index (χ2n) is 5.92. The lowest BCUT2D eigenvalue weighted by Gasteiger charge is -2.39. The molecule has 0 aromatic heterocycles. The number of Topliss-reactive ketones (excluding diaryl/α,β-unsaturated/α-hetero) is 1. The second-order valence-corrected chi connectivity index (χ2v) is 5.92. The number of hydrogen-bond donors (Lipinski definition) is 4. The van der Waals surface area contributed by atoms with Crippen LogP contribution in [0.4, 0.5) is 0 Å². The number of aliphatic carboxylic acids is 1. The van der Waals surface area contributed by atoms with E-state index in [-0.39, 0.29) is 17.3 Å². The molecule has 1 unspecified atom stereocenters. The Morgan fingerprint density at radius 3 is 2.35 bits per heavy atom. The fraction of sp³-hybridized carbons (Fsp3) is 0.667. The van der Waals surface area contributed by atoms with Gasteiger partial charge in [0, 0.05) is 0 Å². The molecule has 26 heavy (non-hydrogen) atoms. The van der Waals surface area contributed by atoms with Crippen molar-refractivity contribution in [3.05, 3.63) is 11.5 Å². The first-order valence-electron chi connectivity index (χ1n) is 7.77. The van der Waals surface area contributed by atoms with E-state index < -0.39 is 61.8 Å². The van der Waals surface area contributed by atoms with Crippen molar-refractivity contribution in [1.82, 2.24) is 0 Å². The predicted molar refractivity (Wildman–Crippen MR) is 79.2 cm³/mol. The molecule has 1 saturated heterocycles. The van der Waals surface area contributed by atoms with Crippen LogP contribution >= 0.6 is 0 Å². The molecule has 0 bridgehead atoms. The fourth-order valence-electron chi connectivity index (χ4n) is 2.43. The Morgan fingerprint density at radius 2 is 1.81 bits per heavy atom. The molecule has 4 N–H and O–H groups in total. The van der Waals surface area contributed by atoms with Gasteiger partial charge in [-0.2, -0.15) is 0 Å². The van der Waals surface area contributed by atoms with Gasteiger partial charge in [0.1, 0.15) is 37.4 Å². The molecule has 11 heteroatoms. The van der Waals surface area contributed by atoms with Gasteiger partial charge in [-0.25, -0.2) is 0 Å². The van der Waals surface area contributed by atoms with E-state index in [2.05, 4.69) is 4.74 Å². The zero-order chi connectivity index (χ0) is 19.6. The third kappa shape index (κ3) is 4.30. The molecule has 11 nitrogen and oxygen atoms in total. The van der Waals surface area contributed by atoms with Crippen LogP contribution in [-0.4, -0.2) is 81.6 Å². The summed E-state index contributed by atoms with van der Waals surface area (Å²) in [6.45, 7) is 2.38. The smallest absolute Gasteiger partial charge is 0.317 e. The molecule has 0 aromatic rings. The third-order valence-corrected chi connectivity index (χ3v) is 3.92. The molecule has 0 aromatic carbocycles. The van der Waals surface area contributed by atoms with Crippen LogP contribution in [0.15, 0.2) is 11.5 Å². The highest BCUT2D eigenvalue weighted by Gasteiger charge is 2.46. The van der Waals surface area contributed by atoms with Gasteiger partial charge in [-0.3, -0.25) is 14.4 Å². The number of carbonyl (C=O) groups excluding carboxylic acids is 2. The Bertz CT molecular complexity index is 613. The number of ether oxygens (including phenoxy) is 4. The van der Waals surface area contributed by atoms with Gasteiger partial charge in [-0.15, -0.1) is 0 Å². The van der Waals surface area contributed by atoms with Gasteiger partial charge < -0.3 is 39.4 Å². The molecular formula is C15H20O11. The van der Waals surface area contributed by atoms with Gasteiger partial charge in [0.15, 0.2) is 6.10 Å².